The summed E-state index contributed by atoms with van der Waals surface area (Å²) in [5, 5.41) is -0.0872. The largest absolute Gasteiger partial charge is 0.288 e. The first-order chi connectivity index (χ1) is 8.91. The molecular weight excluding hydrogens is 513 g/mol. The maximum absolute atomic E-state index is 14.0. The van der Waals surface area contributed by atoms with Crippen LogP contribution in [-0.2, 0) is 0 Å². The molecule has 0 saturated heterocycles. The van der Waals surface area contributed by atoms with Gasteiger partial charge in [-0.3, -0.25) is 4.79 Å². The molecule has 2 aromatic rings. The summed E-state index contributed by atoms with van der Waals surface area (Å²) in [4.78, 5) is 12.4. The lowest BCUT2D eigenvalue weighted by Gasteiger charge is -2.07. The van der Waals surface area contributed by atoms with E-state index in [9.17, 15) is 9.18 Å². The Morgan fingerprint density at radius 2 is 1.84 bits per heavy atom. The molecule has 0 fully saturated rings. The van der Waals surface area contributed by atoms with Crippen molar-refractivity contribution in [2.75, 3.05) is 0 Å². The van der Waals surface area contributed by atoms with Gasteiger partial charge in [0, 0.05) is 18.1 Å². The van der Waals surface area contributed by atoms with E-state index >= 15 is 0 Å². The maximum atomic E-state index is 14.0. The summed E-state index contributed by atoms with van der Waals surface area (Å²) in [5.74, 6) is -1.10. The molecule has 0 bridgehead atoms. The molecule has 2 rings (SSSR count). The quantitative estimate of drug-likeness (QED) is 0.278. The fourth-order valence-electron chi connectivity index (χ4n) is 1.52. The predicted octanol–water partition coefficient (Wildman–Crippen LogP) is 5.84. The number of carbonyl (C=O) groups is 1. The zero-order valence-electron chi connectivity index (χ0n) is 9.18. The van der Waals surface area contributed by atoms with Crippen molar-refractivity contribution in [2.24, 2.45) is 0 Å². The van der Waals surface area contributed by atoms with Gasteiger partial charge in [0.2, 0.25) is 0 Å². The number of ketones is 1. The minimum atomic E-state index is -0.711. The Labute approximate surface area is 144 Å². The summed E-state index contributed by atoms with van der Waals surface area (Å²) < 4.78 is 16.0. The molecule has 0 heterocycles. The Morgan fingerprint density at radius 1 is 1.16 bits per heavy atom. The summed E-state index contributed by atoms with van der Waals surface area (Å²) in [6.07, 6.45) is 0. The van der Waals surface area contributed by atoms with E-state index in [0.29, 0.717) is 10.0 Å². The molecule has 98 valence electrons. The minimum Gasteiger partial charge on any atom is -0.288 e. The first-order valence-electron chi connectivity index (χ1n) is 5.05. The number of halogens is 5. The molecule has 0 spiro atoms. The second-order valence-corrected chi connectivity index (χ2v) is 6.99. The van der Waals surface area contributed by atoms with Crippen molar-refractivity contribution in [1.82, 2.24) is 0 Å². The summed E-state index contributed by atoms with van der Waals surface area (Å²) in [6.45, 7) is 0. The number of hydrogen-bond acceptors (Lipinski definition) is 1. The van der Waals surface area contributed by atoms with Gasteiger partial charge in [0.15, 0.2) is 11.6 Å². The van der Waals surface area contributed by atoms with E-state index in [1.54, 1.807) is 18.2 Å². The molecule has 0 aromatic heterocycles. The van der Waals surface area contributed by atoms with Crippen molar-refractivity contribution in [3.8, 4) is 0 Å². The molecule has 0 unspecified atom stereocenters. The maximum Gasteiger partial charge on any atom is 0.197 e. The Kier molecular flexibility index (Phi) is 5.03. The van der Waals surface area contributed by atoms with Crippen molar-refractivity contribution in [3.05, 3.63) is 64.8 Å². The summed E-state index contributed by atoms with van der Waals surface area (Å²) in [7, 11) is 0. The van der Waals surface area contributed by atoms with E-state index in [0.717, 1.165) is 8.04 Å². The van der Waals surface area contributed by atoms with Crippen LogP contribution in [0.15, 0.2) is 39.3 Å². The monoisotopic (exact) mass is 516 g/mol. The van der Waals surface area contributed by atoms with Crippen LogP contribution in [-0.4, -0.2) is 5.78 Å². The van der Waals surface area contributed by atoms with Crippen molar-refractivity contribution in [2.45, 2.75) is 0 Å². The zero-order valence-corrected chi connectivity index (χ0v) is 15.3. The predicted molar refractivity (Wildman–Crippen MR) is 89.4 cm³/mol. The van der Waals surface area contributed by atoms with Gasteiger partial charge in [-0.25, -0.2) is 4.39 Å². The van der Waals surface area contributed by atoms with Gasteiger partial charge in [-0.1, -0.05) is 27.5 Å². The van der Waals surface area contributed by atoms with E-state index in [2.05, 4.69) is 31.9 Å². The van der Waals surface area contributed by atoms with Crippen LogP contribution in [0.5, 0.6) is 0 Å². The molecule has 0 aliphatic rings. The standard InChI is InChI=1S/C13H5Br2ClFIO/c14-6-1-4-10(18)8(5-6)13(19)7-2-3-9(15)11(16)12(7)17/h1-5H. The Morgan fingerprint density at radius 3 is 2.53 bits per heavy atom. The lowest BCUT2D eigenvalue weighted by Crippen LogP contribution is -2.07. The molecule has 0 atom stereocenters. The molecule has 2 aromatic carbocycles. The highest BCUT2D eigenvalue weighted by Gasteiger charge is 2.20. The van der Waals surface area contributed by atoms with Crippen LogP contribution in [0.2, 0.25) is 5.02 Å². The lowest BCUT2D eigenvalue weighted by molar-refractivity contribution is 0.103. The van der Waals surface area contributed by atoms with Crippen LogP contribution in [0.25, 0.3) is 0 Å². The first kappa shape index (κ1) is 15.4. The highest BCUT2D eigenvalue weighted by atomic mass is 127. The fraction of sp³-hybridized carbons (Fsp3) is 0. The molecule has 0 amide bonds. The van der Waals surface area contributed by atoms with Gasteiger partial charge in [0.1, 0.15) is 0 Å². The first-order valence-corrected chi connectivity index (χ1v) is 8.09. The normalized spacial score (nSPS) is 10.6. The SMILES string of the molecule is O=C(c1cc(Br)ccc1I)c1ccc(Br)c(Cl)c1F. The van der Waals surface area contributed by atoms with Crippen molar-refractivity contribution >= 4 is 71.8 Å². The Bertz CT molecular complexity index is 676. The van der Waals surface area contributed by atoms with E-state index in [4.69, 9.17) is 11.6 Å². The van der Waals surface area contributed by atoms with E-state index < -0.39 is 11.6 Å². The van der Waals surface area contributed by atoms with Crippen LogP contribution < -0.4 is 0 Å². The minimum absolute atomic E-state index is 0.0378. The van der Waals surface area contributed by atoms with E-state index in [-0.39, 0.29) is 10.6 Å². The molecular formula is C13H5Br2ClFIO. The van der Waals surface area contributed by atoms with Crippen LogP contribution in [0, 0.1) is 9.39 Å². The third-order valence-electron chi connectivity index (χ3n) is 2.45. The summed E-state index contributed by atoms with van der Waals surface area (Å²) in [5.41, 5.74) is 0.400. The van der Waals surface area contributed by atoms with Crippen molar-refractivity contribution < 1.29 is 9.18 Å². The van der Waals surface area contributed by atoms with Crippen molar-refractivity contribution in [3.63, 3.8) is 0 Å². The van der Waals surface area contributed by atoms with Crippen molar-refractivity contribution in [1.29, 1.82) is 0 Å². The zero-order chi connectivity index (χ0) is 14.2. The summed E-state index contributed by atoms with van der Waals surface area (Å²) in [6, 6.07) is 8.26. The molecule has 6 heteroatoms. The molecule has 19 heavy (non-hydrogen) atoms. The van der Waals surface area contributed by atoms with E-state index in [1.165, 1.54) is 6.07 Å². The second-order valence-electron chi connectivity index (χ2n) is 3.68. The van der Waals surface area contributed by atoms with Gasteiger partial charge in [0.05, 0.1) is 10.6 Å². The van der Waals surface area contributed by atoms with Gasteiger partial charge in [0.25, 0.3) is 0 Å². The highest BCUT2D eigenvalue weighted by molar-refractivity contribution is 14.1. The average molecular weight is 518 g/mol. The van der Waals surface area contributed by atoms with Gasteiger partial charge >= 0.3 is 0 Å². The van der Waals surface area contributed by atoms with Gasteiger partial charge in [-0.2, -0.15) is 0 Å². The van der Waals surface area contributed by atoms with Crippen LogP contribution in [0.4, 0.5) is 4.39 Å². The third-order valence-corrected chi connectivity index (χ3v) is 5.15. The van der Waals surface area contributed by atoms with Gasteiger partial charge in [-0.05, 0) is 68.9 Å². The van der Waals surface area contributed by atoms with Crippen LogP contribution in [0.1, 0.15) is 15.9 Å². The molecule has 1 nitrogen and oxygen atoms in total. The summed E-state index contributed by atoms with van der Waals surface area (Å²) >= 11 is 14.3. The van der Waals surface area contributed by atoms with E-state index in [1.807, 2.05) is 28.7 Å². The molecule has 0 aliphatic carbocycles. The fourth-order valence-corrected chi connectivity index (χ4v) is 2.93. The molecule has 0 aliphatic heterocycles. The second kappa shape index (κ2) is 6.20. The molecule has 0 radical (unpaired) electrons. The highest BCUT2D eigenvalue weighted by Crippen LogP contribution is 2.30. The van der Waals surface area contributed by atoms with Gasteiger partial charge < -0.3 is 0 Å². The van der Waals surface area contributed by atoms with Crippen LogP contribution in [0.3, 0.4) is 0 Å². The third kappa shape index (κ3) is 3.20. The Hall–Kier alpha value is 0.0200. The van der Waals surface area contributed by atoms with Crippen LogP contribution >= 0.6 is 66.1 Å². The lowest BCUT2D eigenvalue weighted by atomic mass is 10.0. The topological polar surface area (TPSA) is 17.1 Å². The molecule has 0 N–H and O–H groups in total. The number of benzene rings is 2. The number of carbonyl (C=O) groups excluding carboxylic acids is 1. The van der Waals surface area contributed by atoms with Gasteiger partial charge in [-0.15, -0.1) is 0 Å². The number of rotatable bonds is 2. The Balaban J connectivity index is 2.56. The smallest absolute Gasteiger partial charge is 0.197 e. The number of hydrogen-bond donors (Lipinski definition) is 0. The average Bonchev–Trinajstić information content (AvgIpc) is 2.38. The molecule has 0 saturated carbocycles.